The van der Waals surface area contributed by atoms with Crippen molar-refractivity contribution in [1.82, 2.24) is 15.5 Å². The third kappa shape index (κ3) is 2.76. The van der Waals surface area contributed by atoms with Gasteiger partial charge in [0, 0.05) is 19.6 Å². The maximum Gasteiger partial charge on any atom is 0.230 e. The summed E-state index contributed by atoms with van der Waals surface area (Å²) in [7, 11) is 0. The number of nitrogens with one attached hydrogen (secondary N) is 1. The normalized spacial score (nSPS) is 23.2. The van der Waals surface area contributed by atoms with Crippen molar-refractivity contribution in [3.05, 3.63) is 11.8 Å². The number of aromatic nitrogens is 2. The average Bonchev–Trinajstić information content (AvgIpc) is 2.84. The van der Waals surface area contributed by atoms with Gasteiger partial charge in [0.15, 0.2) is 0 Å². The number of aryl methyl sites for hydroxylation is 1. The number of ether oxygens (including phenoxy) is 1. The molecule has 0 bridgehead atoms. The average molecular weight is 211 g/mol. The highest BCUT2D eigenvalue weighted by Crippen LogP contribution is 2.16. The molecule has 0 amide bonds. The SMILES string of the molecule is Cc1nnc(CNC(C)C2CCOC2)o1. The number of rotatable bonds is 4. The maximum atomic E-state index is 5.34. The van der Waals surface area contributed by atoms with Crippen molar-refractivity contribution in [2.75, 3.05) is 13.2 Å². The first-order valence-corrected chi connectivity index (χ1v) is 5.36. The van der Waals surface area contributed by atoms with E-state index in [0.717, 1.165) is 19.6 Å². The molecule has 84 valence electrons. The molecule has 2 atom stereocenters. The Labute approximate surface area is 89.2 Å². The maximum absolute atomic E-state index is 5.34. The number of nitrogens with zero attached hydrogens (tertiary/aromatic N) is 2. The summed E-state index contributed by atoms with van der Waals surface area (Å²) in [6.45, 7) is 6.35. The molecule has 15 heavy (non-hydrogen) atoms. The molecule has 0 aromatic carbocycles. The molecule has 1 aliphatic heterocycles. The van der Waals surface area contributed by atoms with Crippen molar-refractivity contribution in [2.45, 2.75) is 32.9 Å². The zero-order valence-corrected chi connectivity index (χ0v) is 9.19. The van der Waals surface area contributed by atoms with Crippen molar-refractivity contribution in [3.63, 3.8) is 0 Å². The topological polar surface area (TPSA) is 60.2 Å². The van der Waals surface area contributed by atoms with E-state index in [-0.39, 0.29) is 0 Å². The van der Waals surface area contributed by atoms with E-state index in [1.807, 2.05) is 0 Å². The predicted molar refractivity (Wildman–Crippen MR) is 54.3 cm³/mol. The Morgan fingerprint density at radius 3 is 3.00 bits per heavy atom. The van der Waals surface area contributed by atoms with Gasteiger partial charge >= 0.3 is 0 Å². The lowest BCUT2D eigenvalue weighted by Gasteiger charge is -2.17. The summed E-state index contributed by atoms with van der Waals surface area (Å²) in [6.07, 6.45) is 1.14. The molecule has 2 heterocycles. The monoisotopic (exact) mass is 211 g/mol. The van der Waals surface area contributed by atoms with E-state index in [0.29, 0.717) is 30.3 Å². The first-order valence-electron chi connectivity index (χ1n) is 5.36. The number of hydrogen-bond donors (Lipinski definition) is 1. The zero-order chi connectivity index (χ0) is 10.7. The number of hydrogen-bond acceptors (Lipinski definition) is 5. The van der Waals surface area contributed by atoms with Crippen LogP contribution in [-0.4, -0.2) is 29.5 Å². The van der Waals surface area contributed by atoms with Crippen LogP contribution in [0.2, 0.25) is 0 Å². The van der Waals surface area contributed by atoms with Crippen LogP contribution in [0.4, 0.5) is 0 Å². The largest absolute Gasteiger partial charge is 0.424 e. The van der Waals surface area contributed by atoms with E-state index in [4.69, 9.17) is 9.15 Å². The summed E-state index contributed by atoms with van der Waals surface area (Å²) in [6, 6.07) is 0.430. The Bertz CT molecular complexity index is 307. The summed E-state index contributed by atoms with van der Waals surface area (Å²) >= 11 is 0. The molecule has 0 saturated carbocycles. The Hall–Kier alpha value is -0.940. The summed E-state index contributed by atoms with van der Waals surface area (Å²) in [4.78, 5) is 0. The molecule has 1 saturated heterocycles. The van der Waals surface area contributed by atoms with Gasteiger partial charge in [-0.05, 0) is 19.3 Å². The highest BCUT2D eigenvalue weighted by atomic mass is 16.5. The van der Waals surface area contributed by atoms with Crippen LogP contribution in [0, 0.1) is 12.8 Å². The molecular weight excluding hydrogens is 194 g/mol. The van der Waals surface area contributed by atoms with Gasteiger partial charge in [0.1, 0.15) is 0 Å². The quantitative estimate of drug-likeness (QED) is 0.801. The highest BCUT2D eigenvalue weighted by Gasteiger charge is 2.22. The Morgan fingerprint density at radius 2 is 2.40 bits per heavy atom. The van der Waals surface area contributed by atoms with E-state index in [1.165, 1.54) is 0 Å². The van der Waals surface area contributed by atoms with E-state index >= 15 is 0 Å². The molecule has 1 aliphatic rings. The lowest BCUT2D eigenvalue weighted by Crippen LogP contribution is -2.33. The van der Waals surface area contributed by atoms with Gasteiger partial charge in [0.25, 0.3) is 0 Å². The van der Waals surface area contributed by atoms with Gasteiger partial charge in [0.2, 0.25) is 11.8 Å². The zero-order valence-electron chi connectivity index (χ0n) is 9.19. The van der Waals surface area contributed by atoms with Crippen LogP contribution in [0.15, 0.2) is 4.42 Å². The van der Waals surface area contributed by atoms with Gasteiger partial charge in [-0.2, -0.15) is 0 Å². The van der Waals surface area contributed by atoms with Crippen molar-refractivity contribution in [1.29, 1.82) is 0 Å². The molecule has 2 unspecified atom stereocenters. The smallest absolute Gasteiger partial charge is 0.230 e. The fraction of sp³-hybridized carbons (Fsp3) is 0.800. The predicted octanol–water partition coefficient (Wildman–Crippen LogP) is 0.893. The molecule has 1 N–H and O–H groups in total. The van der Waals surface area contributed by atoms with Crippen molar-refractivity contribution in [2.24, 2.45) is 5.92 Å². The van der Waals surface area contributed by atoms with Gasteiger partial charge in [-0.3, -0.25) is 0 Å². The Morgan fingerprint density at radius 1 is 1.53 bits per heavy atom. The highest BCUT2D eigenvalue weighted by molar-refractivity contribution is 4.81. The summed E-state index contributed by atoms with van der Waals surface area (Å²) in [5.74, 6) is 1.87. The molecule has 2 rings (SSSR count). The van der Waals surface area contributed by atoms with E-state index in [2.05, 4.69) is 22.4 Å². The minimum atomic E-state index is 0.430. The van der Waals surface area contributed by atoms with Crippen molar-refractivity contribution in [3.8, 4) is 0 Å². The van der Waals surface area contributed by atoms with Gasteiger partial charge in [-0.15, -0.1) is 10.2 Å². The van der Waals surface area contributed by atoms with Crippen molar-refractivity contribution < 1.29 is 9.15 Å². The van der Waals surface area contributed by atoms with Crippen LogP contribution >= 0.6 is 0 Å². The van der Waals surface area contributed by atoms with E-state index < -0.39 is 0 Å². The van der Waals surface area contributed by atoms with Crippen LogP contribution in [-0.2, 0) is 11.3 Å². The second kappa shape index (κ2) is 4.72. The summed E-state index contributed by atoms with van der Waals surface area (Å²) in [5, 5.41) is 11.1. The molecule has 0 spiro atoms. The van der Waals surface area contributed by atoms with Gasteiger partial charge in [-0.1, -0.05) is 0 Å². The van der Waals surface area contributed by atoms with Crippen LogP contribution in [0.5, 0.6) is 0 Å². The lowest BCUT2D eigenvalue weighted by atomic mass is 10.0. The Balaban J connectivity index is 1.77. The molecule has 1 aromatic heterocycles. The summed E-state index contributed by atoms with van der Waals surface area (Å²) in [5.41, 5.74) is 0. The van der Waals surface area contributed by atoms with Crippen LogP contribution in [0.25, 0.3) is 0 Å². The summed E-state index contributed by atoms with van der Waals surface area (Å²) < 4.78 is 10.6. The van der Waals surface area contributed by atoms with Crippen molar-refractivity contribution >= 4 is 0 Å². The Kier molecular flexibility index (Phi) is 3.33. The lowest BCUT2D eigenvalue weighted by molar-refractivity contribution is 0.177. The fourth-order valence-corrected chi connectivity index (χ4v) is 1.77. The first-order chi connectivity index (χ1) is 7.25. The van der Waals surface area contributed by atoms with Gasteiger partial charge in [0.05, 0.1) is 13.2 Å². The van der Waals surface area contributed by atoms with E-state index in [1.54, 1.807) is 6.92 Å². The fourth-order valence-electron chi connectivity index (χ4n) is 1.77. The minimum Gasteiger partial charge on any atom is -0.424 e. The van der Waals surface area contributed by atoms with E-state index in [9.17, 15) is 0 Å². The molecule has 1 aromatic rings. The first kappa shape index (κ1) is 10.6. The van der Waals surface area contributed by atoms with Gasteiger partial charge in [-0.25, -0.2) is 0 Å². The molecule has 0 aliphatic carbocycles. The van der Waals surface area contributed by atoms with Crippen LogP contribution < -0.4 is 5.32 Å². The third-order valence-electron chi connectivity index (χ3n) is 2.82. The standard InChI is InChI=1S/C10H17N3O2/c1-7(9-3-4-14-6-9)11-5-10-13-12-8(2)15-10/h7,9,11H,3-6H2,1-2H3. The molecule has 5 nitrogen and oxygen atoms in total. The molecule has 0 radical (unpaired) electrons. The second-order valence-electron chi connectivity index (χ2n) is 4.01. The minimum absolute atomic E-state index is 0.430. The molecular formula is C10H17N3O2. The third-order valence-corrected chi connectivity index (χ3v) is 2.82. The van der Waals surface area contributed by atoms with Gasteiger partial charge < -0.3 is 14.5 Å². The molecule has 1 fully saturated rings. The van der Waals surface area contributed by atoms with Crippen LogP contribution in [0.1, 0.15) is 25.1 Å². The second-order valence-corrected chi connectivity index (χ2v) is 4.01. The molecule has 5 heteroatoms. The van der Waals surface area contributed by atoms with Crippen LogP contribution in [0.3, 0.4) is 0 Å².